The highest BCUT2D eigenvalue weighted by Gasteiger charge is 2.45. The van der Waals surface area contributed by atoms with Gasteiger partial charge in [0.1, 0.15) is 11.5 Å². The van der Waals surface area contributed by atoms with Crippen LogP contribution < -0.4 is 4.74 Å². The first kappa shape index (κ1) is 25.8. The Balaban J connectivity index is 2.02. The van der Waals surface area contributed by atoms with Gasteiger partial charge in [-0.3, -0.25) is 9.59 Å². The molecule has 2 aromatic rings. The number of nitrogens with zero attached hydrogens (tertiary/aromatic N) is 2. The SMILES string of the molecule is CCCCOc1ccc(/C(O)=C2\C(=O)C(=O)N(CCCN(C)C)C2c2ccc(Cl)cc2)cc1C. The number of amides is 1. The number of carbonyl (C=O) groups excluding carboxylic acids is 2. The summed E-state index contributed by atoms with van der Waals surface area (Å²) in [5, 5.41) is 11.8. The highest BCUT2D eigenvalue weighted by Crippen LogP contribution is 2.40. The maximum Gasteiger partial charge on any atom is 0.295 e. The Hall–Kier alpha value is -2.83. The summed E-state index contributed by atoms with van der Waals surface area (Å²) in [6, 6.07) is 11.7. The molecule has 1 N–H and O–H groups in total. The molecule has 2 aromatic carbocycles. The summed E-state index contributed by atoms with van der Waals surface area (Å²) >= 11 is 6.08. The lowest BCUT2D eigenvalue weighted by molar-refractivity contribution is -0.139. The number of aliphatic hydroxyl groups is 1. The Bertz CT molecular complexity index is 1060. The Morgan fingerprint density at radius 3 is 2.44 bits per heavy atom. The molecule has 0 aliphatic carbocycles. The van der Waals surface area contributed by atoms with Gasteiger partial charge in [0.2, 0.25) is 0 Å². The zero-order chi connectivity index (χ0) is 24.8. The van der Waals surface area contributed by atoms with E-state index in [0.717, 1.165) is 36.3 Å². The summed E-state index contributed by atoms with van der Waals surface area (Å²) in [6.07, 6.45) is 2.70. The number of benzene rings is 2. The summed E-state index contributed by atoms with van der Waals surface area (Å²) in [5.41, 5.74) is 2.15. The molecule has 1 aliphatic rings. The van der Waals surface area contributed by atoms with Crippen LogP contribution in [0.25, 0.3) is 5.76 Å². The van der Waals surface area contributed by atoms with Crippen molar-refractivity contribution < 1.29 is 19.4 Å². The third-order valence-electron chi connectivity index (χ3n) is 5.93. The topological polar surface area (TPSA) is 70.1 Å². The monoisotopic (exact) mass is 484 g/mol. The zero-order valence-corrected chi connectivity index (χ0v) is 21.1. The lowest BCUT2D eigenvalue weighted by Crippen LogP contribution is -2.32. The molecule has 0 aromatic heterocycles. The first-order chi connectivity index (χ1) is 16.2. The fourth-order valence-electron chi connectivity index (χ4n) is 4.10. The van der Waals surface area contributed by atoms with Crippen LogP contribution in [0.5, 0.6) is 5.75 Å². The van der Waals surface area contributed by atoms with Crippen molar-refractivity contribution in [3.8, 4) is 5.75 Å². The largest absolute Gasteiger partial charge is 0.507 e. The molecule has 34 heavy (non-hydrogen) atoms. The highest BCUT2D eigenvalue weighted by atomic mass is 35.5. The molecule has 0 saturated carbocycles. The molecule has 182 valence electrons. The van der Waals surface area contributed by atoms with E-state index in [1.807, 2.05) is 25.9 Å². The molecule has 7 heteroatoms. The normalized spacial score (nSPS) is 17.6. The number of unbranched alkanes of at least 4 members (excludes halogenated alkanes) is 1. The third-order valence-corrected chi connectivity index (χ3v) is 6.19. The Morgan fingerprint density at radius 2 is 1.82 bits per heavy atom. The van der Waals surface area contributed by atoms with Crippen molar-refractivity contribution in [3.05, 3.63) is 69.8 Å². The highest BCUT2D eigenvalue weighted by molar-refractivity contribution is 6.46. The zero-order valence-electron chi connectivity index (χ0n) is 20.3. The van der Waals surface area contributed by atoms with Gasteiger partial charge in [-0.25, -0.2) is 0 Å². The quantitative estimate of drug-likeness (QED) is 0.217. The number of carbonyl (C=O) groups is 2. The number of ether oxygens (including phenoxy) is 1. The summed E-state index contributed by atoms with van der Waals surface area (Å²) < 4.78 is 5.81. The van der Waals surface area contributed by atoms with Gasteiger partial charge >= 0.3 is 0 Å². The van der Waals surface area contributed by atoms with E-state index < -0.39 is 17.7 Å². The van der Waals surface area contributed by atoms with Crippen LogP contribution in [0.1, 0.15) is 48.9 Å². The molecule has 1 fully saturated rings. The van der Waals surface area contributed by atoms with Crippen LogP contribution in [0, 0.1) is 6.92 Å². The summed E-state index contributed by atoms with van der Waals surface area (Å²) in [4.78, 5) is 29.7. The number of Topliss-reactive ketones (excluding diaryl/α,β-unsaturated/α-hetero) is 1. The van der Waals surface area contributed by atoms with Gasteiger partial charge in [0.05, 0.1) is 18.2 Å². The number of aryl methyl sites for hydroxylation is 1. The minimum atomic E-state index is -0.680. The predicted molar refractivity (Wildman–Crippen MR) is 135 cm³/mol. The fourth-order valence-corrected chi connectivity index (χ4v) is 4.23. The van der Waals surface area contributed by atoms with E-state index in [1.165, 1.54) is 0 Å². The second-order valence-corrected chi connectivity index (χ2v) is 9.32. The Morgan fingerprint density at radius 1 is 1.12 bits per heavy atom. The molecule has 1 amide bonds. The number of hydrogen-bond donors (Lipinski definition) is 1. The van der Waals surface area contributed by atoms with Gasteiger partial charge < -0.3 is 19.6 Å². The molecular weight excluding hydrogens is 452 g/mol. The van der Waals surface area contributed by atoms with Crippen LogP contribution in [0.3, 0.4) is 0 Å². The van der Waals surface area contributed by atoms with E-state index in [-0.39, 0.29) is 11.3 Å². The van der Waals surface area contributed by atoms with Gasteiger partial charge in [-0.1, -0.05) is 37.1 Å². The Kier molecular flexibility index (Phi) is 8.75. The average Bonchev–Trinajstić information content (AvgIpc) is 3.05. The number of halogens is 1. The maximum absolute atomic E-state index is 13.1. The summed E-state index contributed by atoms with van der Waals surface area (Å²) in [6.45, 7) is 5.79. The third kappa shape index (κ3) is 5.80. The van der Waals surface area contributed by atoms with Crippen LogP contribution in [0.4, 0.5) is 0 Å². The summed E-state index contributed by atoms with van der Waals surface area (Å²) in [7, 11) is 3.92. The smallest absolute Gasteiger partial charge is 0.295 e. The van der Waals surface area contributed by atoms with E-state index in [4.69, 9.17) is 16.3 Å². The van der Waals surface area contributed by atoms with Crippen LogP contribution in [-0.4, -0.2) is 60.4 Å². The molecule has 0 radical (unpaired) electrons. The number of aliphatic hydroxyl groups excluding tert-OH is 1. The van der Waals surface area contributed by atoms with Crippen LogP contribution in [0.2, 0.25) is 5.02 Å². The molecule has 1 heterocycles. The molecule has 1 aliphatic heterocycles. The molecule has 1 unspecified atom stereocenters. The van der Waals surface area contributed by atoms with E-state index >= 15 is 0 Å². The molecule has 0 spiro atoms. The minimum Gasteiger partial charge on any atom is -0.507 e. The maximum atomic E-state index is 13.1. The van der Waals surface area contributed by atoms with Gasteiger partial charge in [0.15, 0.2) is 0 Å². The van der Waals surface area contributed by atoms with Crippen molar-refractivity contribution in [2.24, 2.45) is 0 Å². The lowest BCUT2D eigenvalue weighted by atomic mass is 9.94. The van der Waals surface area contributed by atoms with Gasteiger partial charge in [-0.15, -0.1) is 0 Å². The van der Waals surface area contributed by atoms with Gasteiger partial charge in [0, 0.05) is 17.1 Å². The molecule has 1 atom stereocenters. The van der Waals surface area contributed by atoms with Crippen molar-refractivity contribution in [3.63, 3.8) is 0 Å². The molecule has 0 bridgehead atoms. The van der Waals surface area contributed by atoms with E-state index in [9.17, 15) is 14.7 Å². The first-order valence-corrected chi connectivity index (χ1v) is 12.0. The number of likely N-dealkylation sites (tertiary alicyclic amines) is 1. The first-order valence-electron chi connectivity index (χ1n) is 11.7. The van der Waals surface area contributed by atoms with Gasteiger partial charge in [0.25, 0.3) is 11.7 Å². The fraction of sp³-hybridized carbons (Fsp3) is 0.407. The van der Waals surface area contributed by atoms with Gasteiger partial charge in [-0.2, -0.15) is 0 Å². The molecule has 1 saturated heterocycles. The average molecular weight is 485 g/mol. The van der Waals surface area contributed by atoms with Crippen molar-refractivity contribution in [2.75, 3.05) is 33.8 Å². The predicted octanol–water partition coefficient (Wildman–Crippen LogP) is 5.20. The number of hydrogen-bond acceptors (Lipinski definition) is 5. The number of rotatable bonds is 10. The standard InChI is InChI=1S/C27H33ClN2O4/c1-5-6-16-34-22-13-10-20(17-18(22)2)25(31)23-24(19-8-11-21(28)12-9-19)30(27(33)26(23)32)15-7-14-29(3)4/h8-13,17,24,31H,5-7,14-16H2,1-4H3/b25-23+. The van der Waals surface area contributed by atoms with Crippen LogP contribution in [0.15, 0.2) is 48.0 Å². The second-order valence-electron chi connectivity index (χ2n) is 8.88. The van der Waals surface area contributed by atoms with Gasteiger partial charge in [-0.05, 0) is 81.9 Å². The van der Waals surface area contributed by atoms with E-state index in [1.54, 1.807) is 47.4 Å². The van der Waals surface area contributed by atoms with Crippen molar-refractivity contribution in [1.82, 2.24) is 9.80 Å². The van der Waals surface area contributed by atoms with Crippen LogP contribution >= 0.6 is 11.6 Å². The van der Waals surface area contributed by atoms with Crippen molar-refractivity contribution in [1.29, 1.82) is 0 Å². The van der Waals surface area contributed by atoms with Crippen molar-refractivity contribution >= 4 is 29.1 Å². The van der Waals surface area contributed by atoms with E-state index in [0.29, 0.717) is 30.2 Å². The summed E-state index contributed by atoms with van der Waals surface area (Å²) in [5.74, 6) is -0.722. The Labute approximate surface area is 206 Å². The van der Waals surface area contributed by atoms with Crippen molar-refractivity contribution in [2.45, 2.75) is 39.2 Å². The lowest BCUT2D eigenvalue weighted by Gasteiger charge is -2.26. The minimum absolute atomic E-state index is 0.0937. The molecular formula is C27H33ClN2O4. The van der Waals surface area contributed by atoms with Crippen LogP contribution in [-0.2, 0) is 9.59 Å². The number of ketones is 1. The molecule has 3 rings (SSSR count). The second kappa shape index (κ2) is 11.5. The van der Waals surface area contributed by atoms with E-state index in [2.05, 4.69) is 6.92 Å². The molecule has 6 nitrogen and oxygen atoms in total.